The van der Waals surface area contributed by atoms with Crippen molar-refractivity contribution in [1.82, 2.24) is 9.55 Å². The first-order valence-corrected chi connectivity index (χ1v) is 16.8. The summed E-state index contributed by atoms with van der Waals surface area (Å²) in [6.07, 6.45) is 5.69. The van der Waals surface area contributed by atoms with E-state index in [0.29, 0.717) is 49.6 Å². The summed E-state index contributed by atoms with van der Waals surface area (Å²) in [5, 5.41) is 0. The third kappa shape index (κ3) is 6.47. The Morgan fingerprint density at radius 2 is 1.79 bits per heavy atom. The molecule has 0 N–H and O–H groups in total. The number of ether oxygens (including phenoxy) is 3. The Bertz CT molecular complexity index is 1980. The van der Waals surface area contributed by atoms with Gasteiger partial charge in [-0.1, -0.05) is 36.8 Å². The van der Waals surface area contributed by atoms with E-state index in [1.54, 1.807) is 13.0 Å². The van der Waals surface area contributed by atoms with Crippen molar-refractivity contribution in [1.29, 1.82) is 0 Å². The quantitative estimate of drug-likeness (QED) is 0.106. The summed E-state index contributed by atoms with van der Waals surface area (Å²) in [5.41, 5.74) is 6.48. The maximum atomic E-state index is 13.3. The molecule has 1 aliphatic carbocycles. The molecule has 0 amide bonds. The first-order chi connectivity index (χ1) is 23.5. The third-order valence-electron chi connectivity index (χ3n) is 9.27. The van der Waals surface area contributed by atoms with Crippen LogP contribution in [0.25, 0.3) is 22.4 Å². The molecule has 1 fully saturated rings. The summed E-state index contributed by atoms with van der Waals surface area (Å²) in [6.45, 7) is 5.63. The van der Waals surface area contributed by atoms with Crippen molar-refractivity contribution in [3.8, 4) is 22.9 Å². The molecule has 5 aromatic rings. The Morgan fingerprint density at radius 3 is 2.60 bits per heavy atom. The Hall–Kier alpha value is -5.24. The molecule has 0 radical (unpaired) electrons. The summed E-state index contributed by atoms with van der Waals surface area (Å²) in [4.78, 5) is 35.6. The van der Waals surface area contributed by atoms with Gasteiger partial charge in [0.05, 0.1) is 35.5 Å². The summed E-state index contributed by atoms with van der Waals surface area (Å²) < 4.78 is 19.7. The summed E-state index contributed by atoms with van der Waals surface area (Å²) in [5.74, 6) is 2.42. The smallest absolute Gasteiger partial charge is 0.338 e. The highest BCUT2D eigenvalue weighted by Gasteiger charge is 2.35. The number of aromatic nitrogens is 2. The lowest BCUT2D eigenvalue weighted by molar-refractivity contribution is 0.0526. The molecule has 1 aromatic heterocycles. The number of imidazole rings is 1. The molecule has 0 spiro atoms. The van der Waals surface area contributed by atoms with Gasteiger partial charge in [0.15, 0.2) is 5.78 Å². The van der Waals surface area contributed by atoms with Crippen molar-refractivity contribution in [3.63, 3.8) is 0 Å². The maximum absolute atomic E-state index is 13.3. The van der Waals surface area contributed by atoms with Crippen LogP contribution in [0.3, 0.4) is 0 Å². The number of hydrogen-bond donors (Lipinski definition) is 0. The molecule has 8 heteroatoms. The molecule has 7 rings (SSSR count). The fraction of sp³-hybridized carbons (Fsp3) is 0.300. The number of hydrogen-bond acceptors (Lipinski definition) is 7. The molecule has 1 unspecified atom stereocenters. The van der Waals surface area contributed by atoms with E-state index in [4.69, 9.17) is 24.2 Å². The summed E-state index contributed by atoms with van der Waals surface area (Å²) >= 11 is 0. The number of carbonyl (C=O) groups excluding carboxylic acids is 2. The van der Waals surface area contributed by atoms with Crippen LogP contribution in [0.15, 0.2) is 89.9 Å². The van der Waals surface area contributed by atoms with Crippen LogP contribution < -0.4 is 9.47 Å². The number of aryl methyl sites for hydroxylation is 2. The van der Waals surface area contributed by atoms with Gasteiger partial charge in [-0.2, -0.15) is 0 Å². The van der Waals surface area contributed by atoms with E-state index in [-0.39, 0.29) is 23.6 Å². The van der Waals surface area contributed by atoms with Gasteiger partial charge in [0.1, 0.15) is 23.9 Å². The van der Waals surface area contributed by atoms with Crippen molar-refractivity contribution < 1.29 is 23.8 Å². The van der Waals surface area contributed by atoms with Crippen LogP contribution in [0.5, 0.6) is 11.5 Å². The standard InChI is InChI=1S/C40H39N3O5/c1-3-46-40(45)29-15-18-34-36(22-29)43(39(42-34)28-13-16-31(17-14-28)48-25-27-9-5-4-6-10-27)19-8-20-47-37-23-35-33(21-26(37)2)38(44)32-12-7-11-30(32)24-41-35/h4-6,9-10,13-18,21-24,30,32H,3,7-8,11-12,19-20,25H2,1-2H3/t30-,32?/m0/s1. The lowest BCUT2D eigenvalue weighted by Gasteiger charge is -2.15. The minimum Gasteiger partial charge on any atom is -0.493 e. The number of fused-ring (bicyclic) bond motifs is 3. The molecule has 0 bridgehead atoms. The zero-order valence-electron chi connectivity index (χ0n) is 27.4. The van der Waals surface area contributed by atoms with Crippen molar-refractivity contribution in [3.05, 3.63) is 107 Å². The number of esters is 1. The minimum absolute atomic E-state index is 0.0442. The van der Waals surface area contributed by atoms with E-state index in [2.05, 4.69) is 4.57 Å². The fourth-order valence-corrected chi connectivity index (χ4v) is 6.76. The normalized spacial score (nSPS) is 16.8. The molecular weight excluding hydrogens is 602 g/mol. The van der Waals surface area contributed by atoms with Crippen LogP contribution in [0.2, 0.25) is 0 Å². The van der Waals surface area contributed by atoms with Gasteiger partial charge in [0.2, 0.25) is 0 Å². The zero-order valence-corrected chi connectivity index (χ0v) is 27.4. The SMILES string of the molecule is CCOC(=O)c1ccc2nc(-c3ccc(OCc4ccccc4)cc3)n(CCCOc3cc4c(cc3C)C(=O)C3CCC[C@H]3C=N4)c2c1. The second kappa shape index (κ2) is 13.9. The molecular formula is C40H39N3O5. The third-order valence-corrected chi connectivity index (χ3v) is 9.27. The Kier molecular flexibility index (Phi) is 9.05. The first-order valence-electron chi connectivity index (χ1n) is 16.8. The van der Waals surface area contributed by atoms with Gasteiger partial charge in [0.25, 0.3) is 0 Å². The second-order valence-electron chi connectivity index (χ2n) is 12.5. The van der Waals surface area contributed by atoms with Crippen molar-refractivity contribution in [2.24, 2.45) is 16.8 Å². The van der Waals surface area contributed by atoms with Crippen molar-refractivity contribution in [2.75, 3.05) is 13.2 Å². The molecule has 2 atom stereocenters. The van der Waals surface area contributed by atoms with E-state index in [1.165, 1.54) is 0 Å². The lowest BCUT2D eigenvalue weighted by atomic mass is 9.89. The van der Waals surface area contributed by atoms with Crippen molar-refractivity contribution >= 4 is 34.7 Å². The van der Waals surface area contributed by atoms with Gasteiger partial charge < -0.3 is 18.8 Å². The van der Waals surface area contributed by atoms with E-state index < -0.39 is 0 Å². The number of Topliss-reactive ketones (excluding diaryl/α,β-unsaturated/α-hetero) is 1. The van der Waals surface area contributed by atoms with Gasteiger partial charge in [-0.3, -0.25) is 9.79 Å². The maximum Gasteiger partial charge on any atom is 0.338 e. The first kappa shape index (κ1) is 31.4. The summed E-state index contributed by atoms with van der Waals surface area (Å²) in [7, 11) is 0. The van der Waals surface area contributed by atoms with Gasteiger partial charge in [-0.25, -0.2) is 9.78 Å². The topological polar surface area (TPSA) is 92.0 Å². The highest BCUT2D eigenvalue weighted by atomic mass is 16.5. The van der Waals surface area contributed by atoms with Gasteiger partial charge in [-0.05, 0) is 92.8 Å². The second-order valence-corrected chi connectivity index (χ2v) is 12.5. The molecule has 48 heavy (non-hydrogen) atoms. The number of aliphatic imine (C=N–C) groups is 1. The minimum atomic E-state index is -0.361. The number of ketones is 1. The predicted octanol–water partition coefficient (Wildman–Crippen LogP) is 8.55. The van der Waals surface area contributed by atoms with E-state index in [9.17, 15) is 9.59 Å². The van der Waals surface area contributed by atoms with E-state index >= 15 is 0 Å². The van der Waals surface area contributed by atoms with Crippen LogP contribution >= 0.6 is 0 Å². The average Bonchev–Trinajstić information content (AvgIpc) is 3.71. The molecule has 2 aliphatic rings. The van der Waals surface area contributed by atoms with Gasteiger partial charge in [-0.15, -0.1) is 0 Å². The molecule has 4 aromatic carbocycles. The van der Waals surface area contributed by atoms with Crippen LogP contribution in [0.1, 0.15) is 64.4 Å². The van der Waals surface area contributed by atoms with Crippen molar-refractivity contribution in [2.45, 2.75) is 52.7 Å². The molecule has 1 saturated carbocycles. The highest BCUT2D eigenvalue weighted by Crippen LogP contribution is 2.40. The highest BCUT2D eigenvalue weighted by molar-refractivity contribution is 6.06. The zero-order chi connectivity index (χ0) is 33.0. The number of rotatable bonds is 11. The molecule has 1 aliphatic heterocycles. The monoisotopic (exact) mass is 641 g/mol. The van der Waals surface area contributed by atoms with Gasteiger partial charge in [0, 0.05) is 41.8 Å². The Morgan fingerprint density at radius 1 is 0.958 bits per heavy atom. The van der Waals surface area contributed by atoms with E-state index in [1.807, 2.05) is 92.0 Å². The Labute approximate surface area is 280 Å². The number of nitrogens with zero attached hydrogens (tertiary/aromatic N) is 3. The van der Waals surface area contributed by atoms with E-state index in [0.717, 1.165) is 64.3 Å². The lowest BCUT2D eigenvalue weighted by Crippen LogP contribution is -2.18. The van der Waals surface area contributed by atoms with Crippen LogP contribution in [0.4, 0.5) is 5.69 Å². The number of carbonyl (C=O) groups is 2. The Balaban J connectivity index is 1.10. The van der Waals surface area contributed by atoms with Gasteiger partial charge >= 0.3 is 5.97 Å². The van der Waals surface area contributed by atoms with Crippen LogP contribution in [-0.4, -0.2) is 40.7 Å². The van der Waals surface area contributed by atoms with Crippen LogP contribution in [-0.2, 0) is 17.9 Å². The molecule has 2 heterocycles. The van der Waals surface area contributed by atoms with Crippen LogP contribution in [0, 0.1) is 18.8 Å². The average molecular weight is 642 g/mol. The predicted molar refractivity (Wildman–Crippen MR) is 187 cm³/mol. The number of benzene rings is 4. The largest absolute Gasteiger partial charge is 0.493 e. The fourth-order valence-electron chi connectivity index (χ4n) is 6.76. The molecule has 244 valence electrons. The summed E-state index contributed by atoms with van der Waals surface area (Å²) in [6, 6.07) is 27.3. The molecule has 0 saturated heterocycles. The molecule has 8 nitrogen and oxygen atoms in total.